The van der Waals surface area contributed by atoms with Crippen LogP contribution in [0.15, 0.2) is 35.3 Å². The van der Waals surface area contributed by atoms with Crippen LogP contribution in [-0.4, -0.2) is 52.5 Å². The molecule has 28 heavy (non-hydrogen) atoms. The van der Waals surface area contributed by atoms with Crippen molar-refractivity contribution in [2.24, 2.45) is 16.3 Å². The van der Waals surface area contributed by atoms with Crippen LogP contribution in [0.4, 0.5) is 0 Å². The first-order valence-electron chi connectivity index (χ1n) is 10.7. The minimum Gasteiger partial charge on any atom is -0.381 e. The number of nitrogens with one attached hydrogen (secondary N) is 2. The smallest absolute Gasteiger partial charge is 0.190 e. The van der Waals surface area contributed by atoms with Gasteiger partial charge >= 0.3 is 0 Å². The van der Waals surface area contributed by atoms with Crippen LogP contribution in [0, 0.1) is 11.3 Å². The fraction of sp³-hybridized carbons (Fsp3) is 0.696. The third kappa shape index (κ3) is 9.56. The lowest BCUT2D eigenvalue weighted by molar-refractivity contribution is 0.0888. The van der Waals surface area contributed by atoms with E-state index in [4.69, 9.17) is 9.47 Å². The van der Waals surface area contributed by atoms with E-state index in [9.17, 15) is 0 Å². The third-order valence-corrected chi connectivity index (χ3v) is 5.26. The van der Waals surface area contributed by atoms with Gasteiger partial charge in [-0.2, -0.15) is 0 Å². The number of hydrogen-bond acceptors (Lipinski definition) is 3. The van der Waals surface area contributed by atoms with Gasteiger partial charge in [-0.15, -0.1) is 0 Å². The zero-order valence-corrected chi connectivity index (χ0v) is 18.0. The van der Waals surface area contributed by atoms with E-state index >= 15 is 0 Å². The summed E-state index contributed by atoms with van der Waals surface area (Å²) >= 11 is 0. The van der Waals surface area contributed by atoms with Gasteiger partial charge in [-0.25, -0.2) is 0 Å². The van der Waals surface area contributed by atoms with Crippen molar-refractivity contribution in [1.29, 1.82) is 0 Å². The Morgan fingerprint density at radius 3 is 2.75 bits per heavy atom. The second-order valence-corrected chi connectivity index (χ2v) is 8.51. The second-order valence-electron chi connectivity index (χ2n) is 8.51. The van der Waals surface area contributed by atoms with E-state index in [1.54, 1.807) is 0 Å². The number of aliphatic imine (C=N–C) groups is 1. The molecule has 1 aromatic rings. The number of aryl methyl sites for hydroxylation is 1. The molecule has 2 rings (SSSR count). The van der Waals surface area contributed by atoms with E-state index in [1.165, 1.54) is 18.4 Å². The van der Waals surface area contributed by atoms with Gasteiger partial charge in [0.2, 0.25) is 0 Å². The maximum atomic E-state index is 5.75. The van der Waals surface area contributed by atoms with Gasteiger partial charge in [0.25, 0.3) is 0 Å². The molecule has 5 nitrogen and oxygen atoms in total. The fourth-order valence-corrected chi connectivity index (χ4v) is 3.39. The van der Waals surface area contributed by atoms with E-state index in [0.717, 1.165) is 64.7 Å². The number of ether oxygens (including phenoxy) is 2. The monoisotopic (exact) mass is 389 g/mol. The summed E-state index contributed by atoms with van der Waals surface area (Å²) in [5.41, 5.74) is 1.66. The lowest BCUT2D eigenvalue weighted by atomic mass is 9.86. The van der Waals surface area contributed by atoms with Crippen molar-refractivity contribution in [1.82, 2.24) is 10.6 Å². The van der Waals surface area contributed by atoms with Crippen molar-refractivity contribution in [2.75, 3.05) is 46.6 Å². The Kier molecular flexibility index (Phi) is 10.4. The molecule has 1 fully saturated rings. The first-order valence-corrected chi connectivity index (χ1v) is 10.7. The van der Waals surface area contributed by atoms with Crippen molar-refractivity contribution in [3.8, 4) is 0 Å². The van der Waals surface area contributed by atoms with Crippen LogP contribution in [0.1, 0.15) is 45.1 Å². The van der Waals surface area contributed by atoms with Crippen LogP contribution < -0.4 is 10.6 Å². The molecule has 1 aliphatic heterocycles. The van der Waals surface area contributed by atoms with Crippen molar-refractivity contribution >= 4 is 5.96 Å². The Morgan fingerprint density at radius 1 is 1.21 bits per heavy atom. The Bertz CT molecular complexity index is 554. The minimum absolute atomic E-state index is 0.235. The average molecular weight is 390 g/mol. The standard InChI is InChI=1S/C23H39N3O2/c1-23(2,13-7-11-20-9-5-4-6-10-20)19-26-22(24-3)25-14-8-15-27-17-21-12-16-28-18-21/h4-6,9-10,21H,7-8,11-19H2,1-3H3,(H2,24,25,26). The van der Waals surface area contributed by atoms with Crippen molar-refractivity contribution in [2.45, 2.75) is 46.0 Å². The molecule has 1 unspecified atom stereocenters. The Morgan fingerprint density at radius 2 is 2.04 bits per heavy atom. The quantitative estimate of drug-likeness (QED) is 0.326. The van der Waals surface area contributed by atoms with E-state index in [2.05, 4.69) is 59.8 Å². The van der Waals surface area contributed by atoms with Gasteiger partial charge in [0.1, 0.15) is 0 Å². The highest BCUT2D eigenvalue weighted by Crippen LogP contribution is 2.22. The average Bonchev–Trinajstić information content (AvgIpc) is 3.21. The van der Waals surface area contributed by atoms with Crippen molar-refractivity contribution < 1.29 is 9.47 Å². The molecule has 0 aromatic heterocycles. The number of nitrogens with zero attached hydrogens (tertiary/aromatic N) is 1. The summed E-state index contributed by atoms with van der Waals surface area (Å²) in [5.74, 6) is 1.46. The van der Waals surface area contributed by atoms with Gasteiger partial charge in [-0.05, 0) is 43.1 Å². The van der Waals surface area contributed by atoms with E-state index < -0.39 is 0 Å². The molecule has 1 atom stereocenters. The van der Waals surface area contributed by atoms with Gasteiger partial charge in [0.15, 0.2) is 5.96 Å². The van der Waals surface area contributed by atoms with E-state index in [0.29, 0.717) is 5.92 Å². The van der Waals surface area contributed by atoms with E-state index in [-0.39, 0.29) is 5.41 Å². The molecule has 2 N–H and O–H groups in total. The van der Waals surface area contributed by atoms with Gasteiger partial charge in [-0.3, -0.25) is 4.99 Å². The van der Waals surface area contributed by atoms with Crippen LogP contribution in [0.5, 0.6) is 0 Å². The predicted octanol–water partition coefficient (Wildman–Crippen LogP) is 3.64. The van der Waals surface area contributed by atoms with E-state index in [1.807, 2.05) is 7.05 Å². The maximum Gasteiger partial charge on any atom is 0.190 e. The molecular formula is C23H39N3O2. The molecule has 1 aromatic carbocycles. The summed E-state index contributed by atoms with van der Waals surface area (Å²) in [7, 11) is 1.83. The lowest BCUT2D eigenvalue weighted by Crippen LogP contribution is -2.42. The van der Waals surface area contributed by atoms with Crippen LogP contribution in [0.25, 0.3) is 0 Å². The minimum atomic E-state index is 0.235. The highest BCUT2D eigenvalue weighted by atomic mass is 16.5. The zero-order valence-electron chi connectivity index (χ0n) is 18.0. The van der Waals surface area contributed by atoms with Crippen LogP contribution in [-0.2, 0) is 15.9 Å². The Hall–Kier alpha value is -1.59. The Labute approximate surface area is 171 Å². The summed E-state index contributed by atoms with van der Waals surface area (Å²) in [6.07, 6.45) is 5.65. The summed E-state index contributed by atoms with van der Waals surface area (Å²) in [6.45, 7) is 9.78. The van der Waals surface area contributed by atoms with Crippen molar-refractivity contribution in [3.63, 3.8) is 0 Å². The molecule has 0 aliphatic carbocycles. The molecule has 5 heteroatoms. The molecule has 1 aliphatic rings. The molecule has 0 saturated carbocycles. The number of benzene rings is 1. The number of guanidine groups is 1. The van der Waals surface area contributed by atoms with Crippen LogP contribution in [0.2, 0.25) is 0 Å². The number of hydrogen-bond donors (Lipinski definition) is 2. The topological polar surface area (TPSA) is 54.9 Å². The van der Waals surface area contributed by atoms with Gasteiger partial charge < -0.3 is 20.1 Å². The highest BCUT2D eigenvalue weighted by Gasteiger charge is 2.18. The maximum absolute atomic E-state index is 5.75. The van der Waals surface area contributed by atoms with Gasteiger partial charge in [0.05, 0.1) is 13.2 Å². The van der Waals surface area contributed by atoms with Crippen molar-refractivity contribution in [3.05, 3.63) is 35.9 Å². The molecule has 0 amide bonds. The summed E-state index contributed by atoms with van der Waals surface area (Å²) in [6, 6.07) is 10.7. The number of rotatable bonds is 12. The molecule has 158 valence electrons. The molecule has 1 heterocycles. The first kappa shape index (κ1) is 22.7. The normalized spacial score (nSPS) is 17.7. The summed E-state index contributed by atoms with van der Waals surface area (Å²) in [5, 5.41) is 6.86. The summed E-state index contributed by atoms with van der Waals surface area (Å²) in [4.78, 5) is 4.34. The first-order chi connectivity index (χ1) is 13.6. The van der Waals surface area contributed by atoms with Gasteiger partial charge in [0, 0.05) is 39.3 Å². The molecule has 0 spiro atoms. The predicted molar refractivity (Wildman–Crippen MR) is 117 cm³/mol. The van der Waals surface area contributed by atoms with Crippen LogP contribution in [0.3, 0.4) is 0 Å². The fourth-order valence-electron chi connectivity index (χ4n) is 3.39. The van der Waals surface area contributed by atoms with Crippen LogP contribution >= 0.6 is 0 Å². The zero-order chi connectivity index (χ0) is 20.1. The lowest BCUT2D eigenvalue weighted by Gasteiger charge is -2.26. The molecule has 0 bridgehead atoms. The van der Waals surface area contributed by atoms with Gasteiger partial charge in [-0.1, -0.05) is 44.2 Å². The molecule has 0 radical (unpaired) electrons. The molecule has 1 saturated heterocycles. The summed E-state index contributed by atoms with van der Waals surface area (Å²) < 4.78 is 11.1. The second kappa shape index (κ2) is 12.8. The third-order valence-electron chi connectivity index (χ3n) is 5.26. The Balaban J connectivity index is 1.53. The largest absolute Gasteiger partial charge is 0.381 e. The molecular weight excluding hydrogens is 350 g/mol. The highest BCUT2D eigenvalue weighted by molar-refractivity contribution is 5.79. The SMILES string of the molecule is CN=C(NCCCOCC1CCOC1)NCC(C)(C)CCCc1ccccc1.